The van der Waals surface area contributed by atoms with Crippen molar-refractivity contribution in [2.75, 3.05) is 6.66 Å². The topological polar surface area (TPSA) is 37.1 Å². The van der Waals surface area contributed by atoms with Crippen molar-refractivity contribution in [2.45, 2.75) is 0 Å². The van der Waals surface area contributed by atoms with Gasteiger partial charge in [0.2, 0.25) is 0 Å². The summed E-state index contributed by atoms with van der Waals surface area (Å²) < 4.78 is 12.0. The van der Waals surface area contributed by atoms with Crippen LogP contribution in [-0.2, 0) is 164 Å². The minimum absolute atomic E-state index is 0. The Kier molecular flexibility index (Phi) is 56.8. The van der Waals surface area contributed by atoms with Gasteiger partial charge in [-0.25, -0.2) is 9.03 Å². The average Bonchev–Trinajstić information content (AvgIpc) is 1.69. The zero-order chi connectivity index (χ0) is 5.11. The second kappa shape index (κ2) is 22.2. The van der Waals surface area contributed by atoms with E-state index in [1.165, 1.54) is 0 Å². The number of hydrogen-bond acceptors (Lipinski definition) is 3. The summed E-state index contributed by atoms with van der Waals surface area (Å²) in [6, 6.07) is 0. The molecule has 0 aliphatic carbocycles. The first-order valence-corrected chi connectivity index (χ1v) is 5.24. The van der Waals surface area contributed by atoms with Crippen LogP contribution < -0.4 is 0 Å². The number of nitrogens with zero attached hydrogens (tertiary/aromatic N) is 3. The summed E-state index contributed by atoms with van der Waals surface area (Å²) in [6.07, 6.45) is 0. The minimum atomic E-state index is -0.662. The predicted molar refractivity (Wildman–Crippen MR) is 35.4 cm³/mol. The Morgan fingerprint density at radius 3 is 1.58 bits per heavy atom. The van der Waals surface area contributed by atoms with E-state index in [0.29, 0.717) is 0 Å². The van der Waals surface area contributed by atoms with Crippen LogP contribution in [0.1, 0.15) is 0 Å². The van der Waals surface area contributed by atoms with Crippen molar-refractivity contribution in [3.8, 4) is 0 Å². The van der Waals surface area contributed by atoms with E-state index in [1.54, 1.807) is 0 Å². The molecule has 0 amide bonds. The molecule has 0 saturated carbocycles. The largest absolute Gasteiger partial charge is 0.208 e. The molecule has 12 heavy (non-hydrogen) atoms. The first-order valence-electron chi connectivity index (χ1n) is 1.75. The Bertz CT molecular complexity index is 158. The first-order chi connectivity index (χ1) is 3.39. The normalized spacial score (nSPS) is 18.6. The maximum absolute atomic E-state index is 4.06. The molecule has 0 spiro atoms. The molecule has 1 atom stereocenters. The van der Waals surface area contributed by atoms with E-state index >= 15 is 0 Å². The molecule has 0 N–H and O–H groups in total. The van der Waals surface area contributed by atoms with Crippen molar-refractivity contribution < 1.29 is 164 Å². The van der Waals surface area contributed by atoms with Gasteiger partial charge in [0.1, 0.15) is 0 Å². The SMILES string of the molecule is C[PH]1=NP=NP=N1.[Y].[Y].[Y].[Y].[Y]. The van der Waals surface area contributed by atoms with E-state index < -0.39 is 7.86 Å². The molecule has 1 aliphatic rings. The van der Waals surface area contributed by atoms with Gasteiger partial charge < -0.3 is 0 Å². The predicted octanol–water partition coefficient (Wildman–Crippen LogP) is 3.02. The second-order valence-corrected chi connectivity index (χ2v) is 4.78. The van der Waals surface area contributed by atoms with Gasteiger partial charge >= 0.3 is 0 Å². The Morgan fingerprint density at radius 2 is 1.42 bits per heavy atom. The molecule has 5 radical (unpaired) electrons. The van der Waals surface area contributed by atoms with Crippen LogP contribution in [0.25, 0.3) is 0 Å². The molecule has 1 unspecified atom stereocenters. The van der Waals surface area contributed by atoms with Gasteiger partial charge in [-0.1, -0.05) is 0 Å². The van der Waals surface area contributed by atoms with Crippen LogP contribution in [0, 0.1) is 0 Å². The fourth-order valence-electron chi connectivity index (χ4n) is 0.207. The molecule has 1 heterocycles. The molecule has 53 valence electrons. The molecular weight excluding hydrogens is 591 g/mol. The molecule has 0 aromatic carbocycles. The zero-order valence-electron chi connectivity index (χ0n) is 6.62. The van der Waals surface area contributed by atoms with Crippen LogP contribution in [0.3, 0.4) is 0 Å². The third-order valence-electron chi connectivity index (χ3n) is 0.459. The van der Waals surface area contributed by atoms with E-state index in [-0.39, 0.29) is 164 Å². The van der Waals surface area contributed by atoms with Crippen molar-refractivity contribution >= 4 is 24.9 Å². The van der Waals surface area contributed by atoms with Gasteiger partial charge in [0, 0.05) is 164 Å². The minimum Gasteiger partial charge on any atom is -0.208 e. The molecule has 0 aromatic heterocycles. The molecule has 0 saturated heterocycles. The molecule has 0 fully saturated rings. The smallest absolute Gasteiger partial charge is 0.160 e. The van der Waals surface area contributed by atoms with Gasteiger partial charge in [-0.05, 0) is 6.66 Å². The van der Waals surface area contributed by atoms with Crippen LogP contribution >= 0.6 is 24.9 Å². The Balaban J connectivity index is -0.0000000327. The van der Waals surface area contributed by atoms with Crippen molar-refractivity contribution in [2.24, 2.45) is 13.5 Å². The summed E-state index contributed by atoms with van der Waals surface area (Å²) in [5.74, 6) is 0. The maximum atomic E-state index is 4.06. The monoisotopic (exact) mass is 595 g/mol. The molecule has 11 heteroatoms. The fraction of sp³-hybridized carbons (Fsp3) is 1.00. The van der Waals surface area contributed by atoms with E-state index in [2.05, 4.69) is 20.2 Å². The molecule has 1 rings (SSSR count). The molecule has 3 nitrogen and oxygen atoms in total. The van der Waals surface area contributed by atoms with Crippen LogP contribution in [0.2, 0.25) is 0 Å². The maximum Gasteiger partial charge on any atom is 0.160 e. The van der Waals surface area contributed by atoms with Crippen LogP contribution in [0.15, 0.2) is 13.5 Å². The van der Waals surface area contributed by atoms with Crippen molar-refractivity contribution in [3.63, 3.8) is 0 Å². The molecule has 0 bridgehead atoms. The first kappa shape index (κ1) is 30.8. The summed E-state index contributed by atoms with van der Waals surface area (Å²) in [7, 11) is 1.10. The van der Waals surface area contributed by atoms with Crippen LogP contribution in [-0.4, -0.2) is 6.66 Å². The average molecular weight is 596 g/mol. The van der Waals surface area contributed by atoms with Gasteiger partial charge in [-0.2, -0.15) is 4.52 Å². The summed E-state index contributed by atoms with van der Waals surface area (Å²) in [5.41, 5.74) is 0. The van der Waals surface area contributed by atoms with E-state index in [0.717, 1.165) is 17.0 Å². The van der Waals surface area contributed by atoms with Crippen molar-refractivity contribution in [1.29, 1.82) is 0 Å². The molecule has 0 aromatic rings. The van der Waals surface area contributed by atoms with Crippen molar-refractivity contribution in [3.05, 3.63) is 0 Å². The Morgan fingerprint density at radius 1 is 0.917 bits per heavy atom. The number of hydrogen-bond donors (Lipinski definition) is 0. The molecule has 1 aliphatic heterocycles. The Hall–Kier alpha value is 5.95. The summed E-state index contributed by atoms with van der Waals surface area (Å²) in [5, 5.41) is 0. The zero-order valence-corrected chi connectivity index (χ0v) is 23.6. The summed E-state index contributed by atoms with van der Waals surface area (Å²) in [4.78, 5) is 0. The third-order valence-corrected chi connectivity index (χ3v) is 4.13. The third kappa shape index (κ3) is 18.3. The number of rotatable bonds is 0. The quantitative estimate of drug-likeness (QED) is 0.387. The van der Waals surface area contributed by atoms with E-state index in [4.69, 9.17) is 0 Å². The fourth-order valence-corrected chi connectivity index (χ4v) is 2.95. The van der Waals surface area contributed by atoms with E-state index in [1.807, 2.05) is 0 Å². The van der Waals surface area contributed by atoms with Crippen LogP contribution in [0.5, 0.6) is 0 Å². The second-order valence-electron chi connectivity index (χ2n) is 1.02. The Labute approximate surface area is 203 Å². The summed E-state index contributed by atoms with van der Waals surface area (Å²) >= 11 is 0. The van der Waals surface area contributed by atoms with Gasteiger partial charge in [-0.3, -0.25) is 0 Å². The van der Waals surface area contributed by atoms with Gasteiger partial charge in [-0.15, -0.1) is 0 Å². The van der Waals surface area contributed by atoms with Gasteiger partial charge in [0.15, 0.2) is 17.0 Å². The van der Waals surface area contributed by atoms with Gasteiger partial charge in [0.25, 0.3) is 0 Å². The van der Waals surface area contributed by atoms with Gasteiger partial charge in [0.05, 0.1) is 7.86 Å². The summed E-state index contributed by atoms with van der Waals surface area (Å²) in [6.45, 7) is 2.05. The van der Waals surface area contributed by atoms with E-state index in [9.17, 15) is 0 Å². The van der Waals surface area contributed by atoms with Crippen LogP contribution in [0.4, 0.5) is 0 Å². The molecular formula is CH4N3P3Y5. The van der Waals surface area contributed by atoms with Crippen molar-refractivity contribution in [1.82, 2.24) is 0 Å². The standard InChI is InChI=1S/CH4N3P3.5Y/c1-7-3-5-2-6-4-7;;;;;/h7H,1H3;;;;;.